The second-order valence-corrected chi connectivity index (χ2v) is 8.19. The molecule has 9 heteroatoms. The lowest BCUT2D eigenvalue weighted by molar-refractivity contribution is -0.149. The number of halogens is 4. The molecular weight excluding hydrogens is 437 g/mol. The number of carboxylic acid groups (broad SMARTS) is 1. The summed E-state index contributed by atoms with van der Waals surface area (Å²) in [6.07, 6.45) is -4.43. The largest absolute Gasteiger partial charge is 0.493 e. The number of aliphatic carboxylic acids is 1. The summed E-state index contributed by atoms with van der Waals surface area (Å²) in [4.78, 5) is 10.8. The summed E-state index contributed by atoms with van der Waals surface area (Å²) in [5.74, 6) is -0.185. The van der Waals surface area contributed by atoms with Gasteiger partial charge < -0.3 is 19.3 Å². The molecule has 0 saturated carbocycles. The van der Waals surface area contributed by atoms with E-state index in [4.69, 9.17) is 30.9 Å². The molecule has 5 nitrogen and oxygen atoms in total. The quantitative estimate of drug-likeness (QED) is 0.544. The number of alkyl halides is 3. The third-order valence-electron chi connectivity index (χ3n) is 5.08. The topological polar surface area (TPSA) is 65.0 Å². The van der Waals surface area contributed by atoms with E-state index < -0.39 is 23.1 Å². The van der Waals surface area contributed by atoms with Crippen LogP contribution in [-0.4, -0.2) is 37.5 Å². The summed E-state index contributed by atoms with van der Waals surface area (Å²) in [5, 5.41) is 8.79. The molecule has 1 saturated heterocycles. The zero-order valence-corrected chi connectivity index (χ0v) is 17.5. The van der Waals surface area contributed by atoms with Gasteiger partial charge >= 0.3 is 12.1 Å². The molecule has 0 radical (unpaired) electrons. The first-order valence-electron chi connectivity index (χ1n) is 9.60. The summed E-state index contributed by atoms with van der Waals surface area (Å²) < 4.78 is 55.1. The van der Waals surface area contributed by atoms with Crippen LogP contribution >= 0.6 is 11.6 Å². The van der Waals surface area contributed by atoms with Crippen molar-refractivity contribution in [2.45, 2.75) is 25.4 Å². The molecule has 168 valence electrons. The minimum absolute atomic E-state index is 0.0461. The number of ether oxygens (including phenoxy) is 3. The Morgan fingerprint density at radius 2 is 1.81 bits per heavy atom. The number of hydrogen-bond donors (Lipinski definition) is 1. The fraction of sp³-hybridized carbons (Fsp3) is 0.409. The van der Waals surface area contributed by atoms with Gasteiger partial charge in [-0.05, 0) is 41.8 Å². The van der Waals surface area contributed by atoms with Crippen molar-refractivity contribution in [1.82, 2.24) is 0 Å². The predicted molar refractivity (Wildman–Crippen MR) is 108 cm³/mol. The second kappa shape index (κ2) is 9.36. The van der Waals surface area contributed by atoms with Crippen molar-refractivity contribution in [3.05, 3.63) is 58.6 Å². The third-order valence-corrected chi connectivity index (χ3v) is 5.38. The lowest BCUT2D eigenvalue weighted by Crippen LogP contribution is -2.51. The van der Waals surface area contributed by atoms with Gasteiger partial charge in [0, 0.05) is 0 Å². The molecule has 0 amide bonds. The van der Waals surface area contributed by atoms with E-state index in [9.17, 15) is 18.0 Å². The van der Waals surface area contributed by atoms with Crippen LogP contribution < -0.4 is 9.47 Å². The highest BCUT2D eigenvalue weighted by Crippen LogP contribution is 2.36. The van der Waals surface area contributed by atoms with Gasteiger partial charge in [0.1, 0.15) is 24.7 Å². The van der Waals surface area contributed by atoms with Gasteiger partial charge in [-0.2, -0.15) is 13.2 Å². The lowest BCUT2D eigenvalue weighted by atomic mass is 9.88. The fourth-order valence-electron chi connectivity index (χ4n) is 3.13. The molecule has 1 heterocycles. The van der Waals surface area contributed by atoms with Gasteiger partial charge in [0.05, 0.1) is 35.6 Å². The standard InChI is InChI=1S/C22H22ClF3O5/c1-14(8-20(27)28)15-2-5-17(6-3-15)30-12-21(10-29-11-21)13-31-19-7-4-16(9-18(19)23)22(24,25)26/h2-7,9,14H,8,10-13H2,1H3,(H,27,28). The van der Waals surface area contributed by atoms with E-state index in [1.165, 1.54) is 6.07 Å². The first-order valence-corrected chi connectivity index (χ1v) is 9.98. The zero-order chi connectivity index (χ0) is 22.6. The summed E-state index contributed by atoms with van der Waals surface area (Å²) in [7, 11) is 0. The Hall–Kier alpha value is -2.45. The maximum Gasteiger partial charge on any atom is 0.416 e. The highest BCUT2D eigenvalue weighted by Gasteiger charge is 2.41. The van der Waals surface area contributed by atoms with Gasteiger partial charge in [-0.3, -0.25) is 4.79 Å². The Kier molecular flexibility index (Phi) is 7.01. The van der Waals surface area contributed by atoms with Gasteiger partial charge in [-0.25, -0.2) is 0 Å². The molecule has 1 fully saturated rings. The molecule has 3 rings (SSSR count). The van der Waals surface area contributed by atoms with Crippen LogP contribution in [0.1, 0.15) is 30.4 Å². The van der Waals surface area contributed by atoms with Crippen LogP contribution in [0.4, 0.5) is 13.2 Å². The van der Waals surface area contributed by atoms with Crippen LogP contribution in [0.15, 0.2) is 42.5 Å². The second-order valence-electron chi connectivity index (χ2n) is 7.78. The van der Waals surface area contributed by atoms with E-state index in [0.717, 1.165) is 17.7 Å². The average molecular weight is 459 g/mol. The molecule has 1 aliphatic heterocycles. The molecule has 0 spiro atoms. The Morgan fingerprint density at radius 1 is 1.16 bits per heavy atom. The van der Waals surface area contributed by atoms with Crippen molar-refractivity contribution in [1.29, 1.82) is 0 Å². The number of carbonyl (C=O) groups is 1. The van der Waals surface area contributed by atoms with Crippen LogP contribution in [-0.2, 0) is 15.7 Å². The maximum absolute atomic E-state index is 12.8. The number of hydrogen-bond acceptors (Lipinski definition) is 4. The lowest BCUT2D eigenvalue weighted by Gasteiger charge is -2.40. The SMILES string of the molecule is CC(CC(=O)O)c1ccc(OCC2(COc3ccc(C(F)(F)F)cc3Cl)COC2)cc1. The van der Waals surface area contributed by atoms with Crippen molar-refractivity contribution in [2.75, 3.05) is 26.4 Å². The molecule has 2 aromatic rings. The predicted octanol–water partition coefficient (Wildman–Crippen LogP) is 5.41. The van der Waals surface area contributed by atoms with Crippen molar-refractivity contribution in [3.8, 4) is 11.5 Å². The van der Waals surface area contributed by atoms with Crippen molar-refractivity contribution >= 4 is 17.6 Å². The zero-order valence-electron chi connectivity index (χ0n) is 16.7. The molecule has 0 aromatic heterocycles. The van der Waals surface area contributed by atoms with Gasteiger partial charge in [0.2, 0.25) is 0 Å². The van der Waals surface area contributed by atoms with Crippen LogP contribution in [0.25, 0.3) is 0 Å². The Morgan fingerprint density at radius 3 is 2.32 bits per heavy atom. The Labute approximate surface area is 182 Å². The monoisotopic (exact) mass is 458 g/mol. The Bertz CT molecular complexity index is 910. The molecule has 1 unspecified atom stereocenters. The first-order chi connectivity index (χ1) is 14.6. The molecule has 1 aliphatic rings. The van der Waals surface area contributed by atoms with E-state index in [1.807, 2.05) is 19.1 Å². The van der Waals surface area contributed by atoms with Crippen molar-refractivity contribution < 1.29 is 37.3 Å². The third kappa shape index (κ3) is 6.04. The van der Waals surface area contributed by atoms with Crippen LogP contribution in [0.3, 0.4) is 0 Å². The highest BCUT2D eigenvalue weighted by atomic mass is 35.5. The van der Waals surface area contributed by atoms with E-state index >= 15 is 0 Å². The normalized spacial score (nSPS) is 16.3. The summed E-state index contributed by atoms with van der Waals surface area (Å²) in [5.41, 5.74) is -0.380. The van der Waals surface area contributed by atoms with Gasteiger partial charge in [0.25, 0.3) is 0 Å². The van der Waals surface area contributed by atoms with Crippen molar-refractivity contribution in [3.63, 3.8) is 0 Å². The summed E-state index contributed by atoms with van der Waals surface area (Å²) >= 11 is 5.95. The van der Waals surface area contributed by atoms with Crippen LogP contribution in [0.5, 0.6) is 11.5 Å². The van der Waals surface area contributed by atoms with Crippen molar-refractivity contribution in [2.24, 2.45) is 5.41 Å². The number of benzene rings is 2. The summed E-state index contributed by atoms with van der Waals surface area (Å²) in [6.45, 7) is 3.08. The molecule has 1 atom stereocenters. The van der Waals surface area contributed by atoms with E-state index in [1.54, 1.807) is 12.1 Å². The van der Waals surface area contributed by atoms with Gasteiger partial charge in [0.15, 0.2) is 0 Å². The van der Waals surface area contributed by atoms with Gasteiger partial charge in [-0.15, -0.1) is 0 Å². The molecule has 0 aliphatic carbocycles. The van der Waals surface area contributed by atoms with E-state index in [-0.39, 0.29) is 36.3 Å². The van der Waals surface area contributed by atoms with E-state index in [0.29, 0.717) is 19.0 Å². The Balaban J connectivity index is 1.57. The molecule has 31 heavy (non-hydrogen) atoms. The van der Waals surface area contributed by atoms with Gasteiger partial charge in [-0.1, -0.05) is 30.7 Å². The van der Waals surface area contributed by atoms with E-state index in [2.05, 4.69) is 0 Å². The highest BCUT2D eigenvalue weighted by molar-refractivity contribution is 6.32. The minimum Gasteiger partial charge on any atom is -0.493 e. The van der Waals surface area contributed by atoms with Crippen LogP contribution in [0, 0.1) is 5.41 Å². The molecule has 2 aromatic carbocycles. The smallest absolute Gasteiger partial charge is 0.416 e. The fourth-order valence-corrected chi connectivity index (χ4v) is 3.37. The number of carboxylic acids is 1. The molecule has 0 bridgehead atoms. The summed E-state index contributed by atoms with van der Waals surface area (Å²) in [6, 6.07) is 10.2. The number of rotatable bonds is 9. The molecular formula is C22H22ClF3O5. The maximum atomic E-state index is 12.8. The minimum atomic E-state index is -4.47. The van der Waals surface area contributed by atoms with Crippen LogP contribution in [0.2, 0.25) is 5.02 Å². The molecule has 1 N–H and O–H groups in total. The first kappa shape index (κ1) is 23.2. The average Bonchev–Trinajstić information content (AvgIpc) is 2.67.